The Bertz CT molecular complexity index is 954. The number of hydrogen-bond acceptors (Lipinski definition) is 5. The fraction of sp³-hybridized carbons (Fsp3) is 0. The van der Waals surface area contributed by atoms with Crippen LogP contribution in [0.1, 0.15) is 0 Å². The van der Waals surface area contributed by atoms with Crippen LogP contribution in [0.5, 0.6) is 0 Å². The summed E-state index contributed by atoms with van der Waals surface area (Å²) in [5.41, 5.74) is 1.49. The zero-order valence-corrected chi connectivity index (χ0v) is 9.06. The summed E-state index contributed by atoms with van der Waals surface area (Å²) in [7, 11) is 0. The van der Waals surface area contributed by atoms with Gasteiger partial charge in [0.05, 0.1) is 10.9 Å². The van der Waals surface area contributed by atoms with E-state index in [1.165, 1.54) is 9.15 Å². The molecular weight excluding hydrogens is 232 g/mol. The van der Waals surface area contributed by atoms with Crippen molar-refractivity contribution >= 4 is 22.2 Å². The van der Waals surface area contributed by atoms with Crippen LogP contribution in [0.2, 0.25) is 0 Å². The highest BCUT2D eigenvalue weighted by molar-refractivity contribution is 5.79. The summed E-state index contributed by atoms with van der Waals surface area (Å²) in [5.74, 6) is 0. The van der Waals surface area contributed by atoms with Crippen LogP contribution in [0.4, 0.5) is 0 Å². The quantitative estimate of drug-likeness (QED) is 0.411. The molecule has 0 unspecified atom stereocenters. The SMILES string of the molecule is O=c1c2ccccc2nc2ccc3nnnn3n12. The van der Waals surface area contributed by atoms with Crippen molar-refractivity contribution in [2.24, 2.45) is 0 Å². The lowest BCUT2D eigenvalue weighted by Crippen LogP contribution is -2.21. The van der Waals surface area contributed by atoms with Gasteiger partial charge in [-0.2, -0.15) is 4.52 Å². The van der Waals surface area contributed by atoms with Crippen LogP contribution < -0.4 is 5.56 Å². The van der Waals surface area contributed by atoms with Gasteiger partial charge in [-0.05, 0) is 34.7 Å². The fourth-order valence-corrected chi connectivity index (χ4v) is 2.01. The molecule has 0 spiro atoms. The topological polar surface area (TPSA) is 77.4 Å². The summed E-state index contributed by atoms with van der Waals surface area (Å²) < 4.78 is 2.70. The van der Waals surface area contributed by atoms with E-state index < -0.39 is 0 Å². The third-order valence-corrected chi connectivity index (χ3v) is 2.83. The molecule has 0 saturated heterocycles. The van der Waals surface area contributed by atoms with Crippen LogP contribution in [0.25, 0.3) is 22.2 Å². The van der Waals surface area contributed by atoms with E-state index in [1.807, 2.05) is 6.07 Å². The first-order valence-electron chi connectivity index (χ1n) is 5.33. The predicted molar refractivity (Wildman–Crippen MR) is 63.3 cm³/mol. The van der Waals surface area contributed by atoms with Crippen LogP contribution in [0.15, 0.2) is 41.2 Å². The molecule has 3 aromatic heterocycles. The average molecular weight is 238 g/mol. The first-order valence-corrected chi connectivity index (χ1v) is 5.33. The molecule has 0 atom stereocenters. The van der Waals surface area contributed by atoms with Gasteiger partial charge in [0.1, 0.15) is 0 Å². The summed E-state index contributed by atoms with van der Waals surface area (Å²) in [6.45, 7) is 0. The van der Waals surface area contributed by atoms with Gasteiger partial charge in [0.15, 0.2) is 11.3 Å². The highest BCUT2D eigenvalue weighted by Crippen LogP contribution is 2.08. The molecule has 0 radical (unpaired) electrons. The number of tetrazole rings is 1. The maximum atomic E-state index is 12.4. The van der Waals surface area contributed by atoms with Gasteiger partial charge in [0, 0.05) is 0 Å². The van der Waals surface area contributed by atoms with Crippen LogP contribution in [0, 0.1) is 0 Å². The number of para-hydroxylation sites is 1. The lowest BCUT2D eigenvalue weighted by Gasteiger charge is -2.03. The molecule has 18 heavy (non-hydrogen) atoms. The average Bonchev–Trinajstić information content (AvgIpc) is 2.87. The van der Waals surface area contributed by atoms with Crippen LogP contribution in [0.3, 0.4) is 0 Å². The van der Waals surface area contributed by atoms with Crippen molar-refractivity contribution in [3.05, 3.63) is 46.8 Å². The molecule has 0 fully saturated rings. The normalized spacial score (nSPS) is 11.6. The first-order chi connectivity index (χ1) is 8.84. The molecule has 0 saturated carbocycles. The van der Waals surface area contributed by atoms with Crippen molar-refractivity contribution in [2.75, 3.05) is 0 Å². The molecule has 4 rings (SSSR count). The Kier molecular flexibility index (Phi) is 1.59. The predicted octanol–water partition coefficient (Wildman–Crippen LogP) is 0.285. The molecule has 0 bridgehead atoms. The van der Waals surface area contributed by atoms with E-state index in [0.717, 1.165) is 0 Å². The van der Waals surface area contributed by atoms with Gasteiger partial charge in [-0.3, -0.25) is 4.79 Å². The third-order valence-electron chi connectivity index (χ3n) is 2.83. The minimum absolute atomic E-state index is 0.187. The van der Waals surface area contributed by atoms with Gasteiger partial charge < -0.3 is 0 Å². The van der Waals surface area contributed by atoms with Crippen molar-refractivity contribution in [3.8, 4) is 0 Å². The van der Waals surface area contributed by atoms with E-state index in [-0.39, 0.29) is 5.56 Å². The summed E-state index contributed by atoms with van der Waals surface area (Å²) in [4.78, 5) is 16.8. The van der Waals surface area contributed by atoms with E-state index in [1.54, 1.807) is 30.3 Å². The highest BCUT2D eigenvalue weighted by atomic mass is 16.1. The molecule has 3 heterocycles. The van der Waals surface area contributed by atoms with Crippen molar-refractivity contribution in [1.29, 1.82) is 0 Å². The molecule has 0 amide bonds. The molecule has 7 heteroatoms. The van der Waals surface area contributed by atoms with Gasteiger partial charge >= 0.3 is 0 Å². The Morgan fingerprint density at radius 1 is 1.00 bits per heavy atom. The summed E-state index contributed by atoms with van der Waals surface area (Å²) in [6.07, 6.45) is 0. The van der Waals surface area contributed by atoms with E-state index in [9.17, 15) is 4.79 Å². The lowest BCUT2D eigenvalue weighted by molar-refractivity contribution is 0.674. The molecule has 0 N–H and O–H groups in total. The Balaban J connectivity index is 2.40. The Morgan fingerprint density at radius 2 is 1.83 bits per heavy atom. The number of hydrogen-bond donors (Lipinski definition) is 0. The third kappa shape index (κ3) is 1.05. The molecule has 0 aliphatic rings. The summed E-state index contributed by atoms with van der Waals surface area (Å²) in [6, 6.07) is 10.6. The minimum Gasteiger partial charge on any atom is -0.267 e. The molecule has 1 aromatic carbocycles. The smallest absolute Gasteiger partial charge is 0.267 e. The minimum atomic E-state index is -0.187. The van der Waals surface area contributed by atoms with E-state index >= 15 is 0 Å². The van der Waals surface area contributed by atoms with Crippen molar-refractivity contribution in [1.82, 2.24) is 29.7 Å². The van der Waals surface area contributed by atoms with Crippen LogP contribution in [-0.2, 0) is 0 Å². The molecule has 4 aromatic rings. The maximum absolute atomic E-state index is 12.4. The van der Waals surface area contributed by atoms with Crippen LogP contribution >= 0.6 is 0 Å². The largest absolute Gasteiger partial charge is 0.282 e. The highest BCUT2D eigenvalue weighted by Gasteiger charge is 2.08. The number of nitrogens with zero attached hydrogens (tertiary/aromatic N) is 6. The summed E-state index contributed by atoms with van der Waals surface area (Å²) >= 11 is 0. The van der Waals surface area contributed by atoms with Crippen molar-refractivity contribution in [2.45, 2.75) is 0 Å². The van der Waals surface area contributed by atoms with Gasteiger partial charge in [-0.15, -0.1) is 9.73 Å². The first kappa shape index (κ1) is 9.23. The summed E-state index contributed by atoms with van der Waals surface area (Å²) in [5, 5.41) is 11.7. The van der Waals surface area contributed by atoms with E-state index in [4.69, 9.17) is 0 Å². The lowest BCUT2D eigenvalue weighted by atomic mass is 10.2. The number of aromatic nitrogens is 6. The molecule has 86 valence electrons. The second-order valence-electron chi connectivity index (χ2n) is 3.86. The number of rotatable bonds is 0. The fourth-order valence-electron chi connectivity index (χ4n) is 2.01. The van der Waals surface area contributed by atoms with Gasteiger partial charge in [-0.25, -0.2) is 4.98 Å². The number of fused-ring (bicyclic) bond motifs is 4. The molecule has 7 nitrogen and oxygen atoms in total. The van der Waals surface area contributed by atoms with Crippen LogP contribution in [-0.4, -0.2) is 29.7 Å². The van der Waals surface area contributed by atoms with Crippen molar-refractivity contribution in [3.63, 3.8) is 0 Å². The monoisotopic (exact) mass is 238 g/mol. The molecule has 0 aliphatic heterocycles. The maximum Gasteiger partial charge on any atom is 0.282 e. The Morgan fingerprint density at radius 3 is 2.78 bits per heavy atom. The second kappa shape index (κ2) is 3.10. The Labute approximate surface area is 99.3 Å². The molecule has 0 aliphatic carbocycles. The second-order valence-corrected chi connectivity index (χ2v) is 3.86. The zero-order chi connectivity index (χ0) is 12.1. The zero-order valence-electron chi connectivity index (χ0n) is 9.06. The standard InChI is InChI=1S/C11H6N6O/c18-11-7-3-1-2-4-8(7)12-9-5-6-10-13-14-15-17(10)16(9)11/h1-6H. The van der Waals surface area contributed by atoms with Gasteiger partial charge in [0.25, 0.3) is 5.56 Å². The van der Waals surface area contributed by atoms with E-state index in [2.05, 4.69) is 20.5 Å². The van der Waals surface area contributed by atoms with Crippen molar-refractivity contribution < 1.29 is 0 Å². The van der Waals surface area contributed by atoms with Gasteiger partial charge in [-0.1, -0.05) is 12.1 Å². The molecular formula is C11H6N6O. The van der Waals surface area contributed by atoms with E-state index in [0.29, 0.717) is 22.2 Å². The number of benzene rings is 1. The van der Waals surface area contributed by atoms with Gasteiger partial charge in [0.2, 0.25) is 0 Å². The Hall–Kier alpha value is -2.83.